The Morgan fingerprint density at radius 3 is 2.73 bits per heavy atom. The number of likely N-dealkylation sites (N-methyl/N-ethyl adjacent to an activating group) is 1. The highest BCUT2D eigenvalue weighted by Crippen LogP contribution is 2.33. The predicted molar refractivity (Wildman–Crippen MR) is 97.9 cm³/mol. The number of carbonyl (C=O) groups is 1. The van der Waals surface area contributed by atoms with Gasteiger partial charge in [0.15, 0.2) is 11.5 Å². The molecule has 0 aliphatic carbocycles. The topological polar surface area (TPSA) is 70.0 Å². The highest BCUT2D eigenvalue weighted by molar-refractivity contribution is 5.90. The summed E-state index contributed by atoms with van der Waals surface area (Å²) in [5, 5.41) is 1.15. The zero-order valence-electron chi connectivity index (χ0n) is 15.4. The number of benzene rings is 1. The lowest BCUT2D eigenvalue weighted by Crippen LogP contribution is -2.36. The summed E-state index contributed by atoms with van der Waals surface area (Å²) in [7, 11) is 4.85. The summed E-state index contributed by atoms with van der Waals surface area (Å²) >= 11 is 0. The summed E-state index contributed by atoms with van der Waals surface area (Å²) < 4.78 is 17.4. The first-order chi connectivity index (χ1) is 12.5. The van der Waals surface area contributed by atoms with E-state index in [4.69, 9.17) is 14.2 Å². The van der Waals surface area contributed by atoms with Gasteiger partial charge < -0.3 is 23.7 Å². The van der Waals surface area contributed by atoms with Gasteiger partial charge in [-0.05, 0) is 24.6 Å². The number of hydrogen-bond acceptors (Lipinski definition) is 5. The molecule has 0 bridgehead atoms. The normalized spacial score (nSPS) is 16.7. The van der Waals surface area contributed by atoms with Gasteiger partial charge in [0.1, 0.15) is 6.54 Å². The minimum atomic E-state index is -0.227. The van der Waals surface area contributed by atoms with E-state index >= 15 is 0 Å². The van der Waals surface area contributed by atoms with Gasteiger partial charge in [-0.1, -0.05) is 0 Å². The van der Waals surface area contributed by atoms with E-state index in [1.54, 1.807) is 43.5 Å². The Balaban J connectivity index is 1.83. The van der Waals surface area contributed by atoms with Gasteiger partial charge in [0.05, 0.1) is 26.2 Å². The van der Waals surface area contributed by atoms with Crippen molar-refractivity contribution in [2.24, 2.45) is 5.92 Å². The molecule has 2 aromatic rings. The number of aromatic nitrogens is 1. The number of ether oxygens (including phenoxy) is 3. The van der Waals surface area contributed by atoms with Crippen LogP contribution in [0, 0.1) is 5.92 Å². The van der Waals surface area contributed by atoms with E-state index in [9.17, 15) is 9.59 Å². The molecular formula is C19H24N2O5. The molecule has 0 radical (unpaired) electrons. The fourth-order valence-electron chi connectivity index (χ4n) is 3.30. The van der Waals surface area contributed by atoms with E-state index < -0.39 is 0 Å². The van der Waals surface area contributed by atoms with Crippen LogP contribution in [0.4, 0.5) is 0 Å². The SMILES string of the molecule is COc1ccc2c(=O)n(CC(=O)N(C)CC3CCOC3)ccc2c1OC. The maximum absolute atomic E-state index is 12.8. The molecule has 0 saturated carbocycles. The van der Waals surface area contributed by atoms with Crippen LogP contribution in [0.5, 0.6) is 11.5 Å². The lowest BCUT2D eigenvalue weighted by molar-refractivity contribution is -0.131. The van der Waals surface area contributed by atoms with E-state index in [0.29, 0.717) is 41.3 Å². The van der Waals surface area contributed by atoms with Crippen LogP contribution in [0.3, 0.4) is 0 Å². The first-order valence-corrected chi connectivity index (χ1v) is 8.61. The van der Waals surface area contributed by atoms with E-state index in [2.05, 4.69) is 0 Å². The molecule has 140 valence electrons. The van der Waals surface area contributed by atoms with Gasteiger partial charge in [-0.3, -0.25) is 9.59 Å². The molecule has 1 unspecified atom stereocenters. The monoisotopic (exact) mass is 360 g/mol. The molecule has 1 aromatic carbocycles. The summed E-state index contributed by atoms with van der Waals surface area (Å²) in [4.78, 5) is 26.9. The summed E-state index contributed by atoms with van der Waals surface area (Å²) in [6, 6.07) is 5.16. The van der Waals surface area contributed by atoms with Crippen molar-refractivity contribution in [3.8, 4) is 11.5 Å². The third-order valence-corrected chi connectivity index (χ3v) is 4.78. The second-order valence-corrected chi connectivity index (χ2v) is 6.51. The third kappa shape index (κ3) is 3.53. The lowest BCUT2D eigenvalue weighted by atomic mass is 10.1. The molecule has 1 saturated heterocycles. The Hall–Kier alpha value is -2.54. The van der Waals surface area contributed by atoms with Crippen molar-refractivity contribution in [1.82, 2.24) is 9.47 Å². The van der Waals surface area contributed by atoms with Crippen molar-refractivity contribution >= 4 is 16.7 Å². The molecule has 1 aliphatic heterocycles. The average Bonchev–Trinajstić information content (AvgIpc) is 3.15. The molecule has 7 heteroatoms. The Morgan fingerprint density at radius 2 is 2.08 bits per heavy atom. The molecule has 0 N–H and O–H groups in total. The van der Waals surface area contributed by atoms with Gasteiger partial charge in [0.2, 0.25) is 5.91 Å². The molecule has 2 heterocycles. The first kappa shape index (κ1) is 18.3. The maximum Gasteiger partial charge on any atom is 0.259 e. The van der Waals surface area contributed by atoms with Crippen molar-refractivity contribution in [3.63, 3.8) is 0 Å². The van der Waals surface area contributed by atoms with Crippen LogP contribution in [0.15, 0.2) is 29.2 Å². The zero-order valence-corrected chi connectivity index (χ0v) is 15.4. The van der Waals surface area contributed by atoms with Crippen molar-refractivity contribution in [2.45, 2.75) is 13.0 Å². The summed E-state index contributed by atoms with van der Waals surface area (Å²) in [5.74, 6) is 1.35. The van der Waals surface area contributed by atoms with Crippen LogP contribution in [-0.2, 0) is 16.1 Å². The number of rotatable bonds is 6. The first-order valence-electron chi connectivity index (χ1n) is 8.61. The van der Waals surface area contributed by atoms with E-state index in [0.717, 1.165) is 13.0 Å². The Labute approximate surface area is 152 Å². The number of amides is 1. The fraction of sp³-hybridized carbons (Fsp3) is 0.474. The van der Waals surface area contributed by atoms with Crippen LogP contribution in [-0.4, -0.2) is 56.4 Å². The van der Waals surface area contributed by atoms with Crippen LogP contribution >= 0.6 is 0 Å². The summed E-state index contributed by atoms with van der Waals surface area (Å²) in [6.07, 6.45) is 2.59. The van der Waals surface area contributed by atoms with Crippen molar-refractivity contribution in [2.75, 3.05) is 41.0 Å². The van der Waals surface area contributed by atoms with Crippen LogP contribution in [0.25, 0.3) is 10.8 Å². The molecule has 7 nitrogen and oxygen atoms in total. The quantitative estimate of drug-likeness (QED) is 0.781. The largest absolute Gasteiger partial charge is 0.493 e. The minimum absolute atomic E-state index is 0.00714. The summed E-state index contributed by atoms with van der Waals surface area (Å²) in [5.41, 5.74) is -0.227. The van der Waals surface area contributed by atoms with Gasteiger partial charge in [0, 0.05) is 37.7 Å². The number of fused-ring (bicyclic) bond motifs is 1. The molecule has 1 atom stereocenters. The van der Waals surface area contributed by atoms with Crippen molar-refractivity contribution in [1.29, 1.82) is 0 Å². The lowest BCUT2D eigenvalue weighted by Gasteiger charge is -2.21. The Kier molecular flexibility index (Phi) is 5.46. The van der Waals surface area contributed by atoms with Crippen molar-refractivity contribution < 1.29 is 19.0 Å². The van der Waals surface area contributed by atoms with Crippen LogP contribution < -0.4 is 15.0 Å². The standard InChI is InChI=1S/C19H24N2O5/c1-20(10-13-7-9-26-12-13)17(22)11-21-8-6-14-15(19(21)23)4-5-16(24-2)18(14)25-3/h4-6,8,13H,7,9-12H2,1-3H3. The second-order valence-electron chi connectivity index (χ2n) is 6.51. The predicted octanol–water partition coefficient (Wildman–Crippen LogP) is 1.51. The molecule has 0 spiro atoms. The number of methoxy groups -OCH3 is 2. The average molecular weight is 360 g/mol. The number of hydrogen-bond donors (Lipinski definition) is 0. The minimum Gasteiger partial charge on any atom is -0.493 e. The Bertz CT molecular complexity index is 855. The molecule has 26 heavy (non-hydrogen) atoms. The molecule has 1 amide bonds. The highest BCUT2D eigenvalue weighted by atomic mass is 16.5. The highest BCUT2D eigenvalue weighted by Gasteiger charge is 2.21. The van der Waals surface area contributed by atoms with Gasteiger partial charge in [-0.25, -0.2) is 0 Å². The molecule has 1 aromatic heterocycles. The van der Waals surface area contributed by atoms with Crippen molar-refractivity contribution in [3.05, 3.63) is 34.7 Å². The number of carbonyl (C=O) groups excluding carboxylic acids is 1. The second kappa shape index (κ2) is 7.78. The number of pyridine rings is 1. The summed E-state index contributed by atoms with van der Waals surface area (Å²) in [6.45, 7) is 2.09. The van der Waals surface area contributed by atoms with Gasteiger partial charge in [0.25, 0.3) is 5.56 Å². The molecular weight excluding hydrogens is 336 g/mol. The molecule has 1 aliphatic rings. The Morgan fingerprint density at radius 1 is 1.27 bits per heavy atom. The van der Waals surface area contributed by atoms with Crippen LogP contribution in [0.2, 0.25) is 0 Å². The van der Waals surface area contributed by atoms with Crippen LogP contribution in [0.1, 0.15) is 6.42 Å². The van der Waals surface area contributed by atoms with E-state index in [1.807, 2.05) is 0 Å². The third-order valence-electron chi connectivity index (χ3n) is 4.78. The maximum atomic E-state index is 12.8. The number of nitrogens with zero attached hydrogens (tertiary/aromatic N) is 2. The smallest absolute Gasteiger partial charge is 0.259 e. The molecule has 3 rings (SSSR count). The molecule has 1 fully saturated rings. The fourth-order valence-corrected chi connectivity index (χ4v) is 3.30. The van der Waals surface area contributed by atoms with E-state index in [-0.39, 0.29) is 18.0 Å². The van der Waals surface area contributed by atoms with Gasteiger partial charge >= 0.3 is 0 Å². The zero-order chi connectivity index (χ0) is 18.7. The van der Waals surface area contributed by atoms with Gasteiger partial charge in [-0.2, -0.15) is 0 Å². The van der Waals surface area contributed by atoms with Gasteiger partial charge in [-0.15, -0.1) is 0 Å². The van der Waals surface area contributed by atoms with E-state index in [1.165, 1.54) is 11.7 Å².